The Morgan fingerprint density at radius 2 is 1.79 bits per heavy atom. The number of anilines is 3. The summed E-state index contributed by atoms with van der Waals surface area (Å²) in [5, 5.41) is 5.50. The van der Waals surface area contributed by atoms with E-state index in [1.54, 1.807) is 43.5 Å². The predicted octanol–water partition coefficient (Wildman–Crippen LogP) is 3.20. The number of hydrogen-bond donors (Lipinski definition) is 2. The molecule has 8 nitrogen and oxygen atoms in total. The summed E-state index contributed by atoms with van der Waals surface area (Å²) in [7, 11) is -0.237. The second-order valence-electron chi connectivity index (χ2n) is 6.39. The maximum atomic E-state index is 12.5. The van der Waals surface area contributed by atoms with E-state index in [9.17, 15) is 13.2 Å². The highest BCUT2D eigenvalue weighted by molar-refractivity contribution is 7.93. The van der Waals surface area contributed by atoms with Gasteiger partial charge in [-0.2, -0.15) is 0 Å². The summed E-state index contributed by atoms with van der Waals surface area (Å²) in [5.41, 5.74) is 2.37. The molecule has 3 rings (SSSR count). The number of nitrogens with one attached hydrogen (secondary N) is 2. The fraction of sp³-hybridized carbons (Fsp3) is 0.316. The quantitative estimate of drug-likeness (QED) is 0.796. The van der Waals surface area contributed by atoms with E-state index in [0.29, 0.717) is 41.5 Å². The van der Waals surface area contributed by atoms with Crippen molar-refractivity contribution in [2.75, 3.05) is 41.5 Å². The maximum Gasteiger partial charge on any atom is 0.323 e. The van der Waals surface area contributed by atoms with Crippen LogP contribution in [-0.4, -0.2) is 41.0 Å². The normalized spacial score (nSPS) is 15.2. The number of ether oxygens (including phenoxy) is 2. The molecule has 0 aliphatic carbocycles. The average molecular weight is 405 g/mol. The average Bonchev–Trinajstić information content (AvgIpc) is 3.03. The SMILES string of the molecule is COc1ccc(NC(=O)Nc2cc(N3CCCS3(=O)=O)ccc2C)c(OC)c1. The summed E-state index contributed by atoms with van der Waals surface area (Å²) >= 11 is 0. The van der Waals surface area contributed by atoms with Crippen LogP contribution in [0.4, 0.5) is 21.9 Å². The van der Waals surface area contributed by atoms with Crippen molar-refractivity contribution < 1.29 is 22.7 Å². The molecule has 1 heterocycles. The number of aryl methyl sites for hydroxylation is 1. The first kappa shape index (κ1) is 19.8. The number of rotatable bonds is 5. The Kier molecular flexibility index (Phi) is 5.64. The molecular weight excluding hydrogens is 382 g/mol. The lowest BCUT2D eigenvalue weighted by Crippen LogP contribution is -2.25. The monoisotopic (exact) mass is 405 g/mol. The number of nitrogens with zero attached hydrogens (tertiary/aromatic N) is 1. The van der Waals surface area contributed by atoms with Gasteiger partial charge in [-0.25, -0.2) is 13.2 Å². The minimum absolute atomic E-state index is 0.140. The second-order valence-corrected chi connectivity index (χ2v) is 8.40. The van der Waals surface area contributed by atoms with Gasteiger partial charge in [0.05, 0.1) is 31.3 Å². The molecule has 0 saturated carbocycles. The van der Waals surface area contributed by atoms with Crippen molar-refractivity contribution >= 4 is 33.1 Å². The van der Waals surface area contributed by atoms with Crippen molar-refractivity contribution in [2.45, 2.75) is 13.3 Å². The molecule has 1 aliphatic rings. The minimum atomic E-state index is -3.29. The van der Waals surface area contributed by atoms with Gasteiger partial charge in [0.1, 0.15) is 11.5 Å². The molecule has 1 saturated heterocycles. The van der Waals surface area contributed by atoms with E-state index in [1.807, 2.05) is 6.92 Å². The first-order valence-electron chi connectivity index (χ1n) is 8.75. The molecule has 2 aromatic rings. The van der Waals surface area contributed by atoms with E-state index >= 15 is 0 Å². The van der Waals surface area contributed by atoms with Crippen LogP contribution in [0, 0.1) is 6.92 Å². The topological polar surface area (TPSA) is 97.0 Å². The molecule has 1 fully saturated rings. The minimum Gasteiger partial charge on any atom is -0.497 e. The summed E-state index contributed by atoms with van der Waals surface area (Å²) in [4.78, 5) is 12.5. The van der Waals surface area contributed by atoms with Gasteiger partial charge in [-0.1, -0.05) is 6.07 Å². The van der Waals surface area contributed by atoms with E-state index < -0.39 is 16.1 Å². The molecule has 28 heavy (non-hydrogen) atoms. The number of amides is 2. The molecule has 0 bridgehead atoms. The van der Waals surface area contributed by atoms with Crippen molar-refractivity contribution in [3.8, 4) is 11.5 Å². The molecule has 2 aromatic carbocycles. The van der Waals surface area contributed by atoms with Gasteiger partial charge >= 0.3 is 6.03 Å². The van der Waals surface area contributed by atoms with Crippen LogP contribution in [0.1, 0.15) is 12.0 Å². The summed E-state index contributed by atoms with van der Waals surface area (Å²) in [6.45, 7) is 2.28. The number of hydrogen-bond acceptors (Lipinski definition) is 5. The molecule has 0 atom stereocenters. The van der Waals surface area contributed by atoms with Gasteiger partial charge in [0, 0.05) is 18.3 Å². The molecule has 9 heteroatoms. The van der Waals surface area contributed by atoms with Crippen LogP contribution in [0.15, 0.2) is 36.4 Å². The number of carbonyl (C=O) groups is 1. The standard InChI is InChI=1S/C19H23N3O5S/c1-13-5-6-14(22-9-4-10-28(22,24)25)11-17(13)21-19(23)20-16-8-7-15(26-2)12-18(16)27-3/h5-8,11-12H,4,9-10H2,1-3H3,(H2,20,21,23). The van der Waals surface area contributed by atoms with Crippen LogP contribution in [0.2, 0.25) is 0 Å². The number of benzene rings is 2. The lowest BCUT2D eigenvalue weighted by molar-refractivity contribution is 0.262. The fourth-order valence-corrected chi connectivity index (χ4v) is 4.56. The fourth-order valence-electron chi connectivity index (χ4n) is 3.01. The van der Waals surface area contributed by atoms with Crippen molar-refractivity contribution in [1.29, 1.82) is 0 Å². The molecule has 2 N–H and O–H groups in total. The second kappa shape index (κ2) is 7.97. The van der Waals surface area contributed by atoms with Crippen molar-refractivity contribution in [2.24, 2.45) is 0 Å². The number of sulfonamides is 1. The zero-order chi connectivity index (χ0) is 20.3. The van der Waals surface area contributed by atoms with Gasteiger partial charge in [0.15, 0.2) is 0 Å². The molecule has 0 radical (unpaired) electrons. The highest BCUT2D eigenvalue weighted by Crippen LogP contribution is 2.30. The highest BCUT2D eigenvalue weighted by Gasteiger charge is 2.28. The van der Waals surface area contributed by atoms with Gasteiger partial charge in [-0.05, 0) is 43.2 Å². The van der Waals surface area contributed by atoms with E-state index in [-0.39, 0.29) is 5.75 Å². The Labute approximate surface area is 164 Å². The zero-order valence-corrected chi connectivity index (χ0v) is 16.8. The molecule has 1 aliphatic heterocycles. The number of methoxy groups -OCH3 is 2. The third-order valence-corrected chi connectivity index (χ3v) is 6.38. The number of carbonyl (C=O) groups excluding carboxylic acids is 1. The van der Waals surface area contributed by atoms with E-state index in [4.69, 9.17) is 9.47 Å². The first-order valence-corrected chi connectivity index (χ1v) is 10.4. The summed E-state index contributed by atoms with van der Waals surface area (Å²) < 4.78 is 36.1. The molecular formula is C19H23N3O5S. The molecule has 0 unspecified atom stereocenters. The van der Waals surface area contributed by atoms with Crippen molar-refractivity contribution in [3.05, 3.63) is 42.0 Å². The Morgan fingerprint density at radius 1 is 1.04 bits per heavy atom. The van der Waals surface area contributed by atoms with Crippen LogP contribution in [0.5, 0.6) is 11.5 Å². The van der Waals surface area contributed by atoms with E-state index in [0.717, 1.165) is 5.56 Å². The Balaban J connectivity index is 1.78. The van der Waals surface area contributed by atoms with E-state index in [2.05, 4.69) is 10.6 Å². The smallest absolute Gasteiger partial charge is 0.323 e. The molecule has 150 valence electrons. The summed E-state index contributed by atoms with van der Waals surface area (Å²) in [6, 6.07) is 9.79. The third kappa shape index (κ3) is 4.14. The van der Waals surface area contributed by atoms with Gasteiger partial charge in [0.2, 0.25) is 10.0 Å². The zero-order valence-electron chi connectivity index (χ0n) is 16.0. The number of urea groups is 1. The predicted molar refractivity (Wildman–Crippen MR) is 109 cm³/mol. The van der Waals surface area contributed by atoms with Crippen molar-refractivity contribution in [3.63, 3.8) is 0 Å². The Bertz CT molecular complexity index is 991. The Morgan fingerprint density at radius 3 is 2.43 bits per heavy atom. The van der Waals surface area contributed by atoms with Gasteiger partial charge in [-0.15, -0.1) is 0 Å². The maximum absolute atomic E-state index is 12.5. The summed E-state index contributed by atoms with van der Waals surface area (Å²) in [6.07, 6.45) is 0.594. The van der Waals surface area contributed by atoms with Crippen LogP contribution in [0.25, 0.3) is 0 Å². The highest BCUT2D eigenvalue weighted by atomic mass is 32.2. The molecule has 2 amide bonds. The van der Waals surface area contributed by atoms with Crippen LogP contribution in [-0.2, 0) is 10.0 Å². The molecule has 0 spiro atoms. The van der Waals surface area contributed by atoms with E-state index in [1.165, 1.54) is 11.4 Å². The van der Waals surface area contributed by atoms with Crippen LogP contribution >= 0.6 is 0 Å². The van der Waals surface area contributed by atoms with Gasteiger partial charge in [0.25, 0.3) is 0 Å². The Hall–Kier alpha value is -2.94. The van der Waals surface area contributed by atoms with Gasteiger partial charge in [-0.3, -0.25) is 4.31 Å². The van der Waals surface area contributed by atoms with Crippen LogP contribution < -0.4 is 24.4 Å². The lowest BCUT2D eigenvalue weighted by Gasteiger charge is -2.19. The molecule has 0 aromatic heterocycles. The lowest BCUT2D eigenvalue weighted by atomic mass is 10.2. The van der Waals surface area contributed by atoms with Crippen LogP contribution in [0.3, 0.4) is 0 Å². The van der Waals surface area contributed by atoms with Gasteiger partial charge < -0.3 is 20.1 Å². The first-order chi connectivity index (χ1) is 13.3. The van der Waals surface area contributed by atoms with Crippen molar-refractivity contribution in [1.82, 2.24) is 0 Å². The third-order valence-electron chi connectivity index (χ3n) is 4.51. The largest absolute Gasteiger partial charge is 0.497 e. The summed E-state index contributed by atoms with van der Waals surface area (Å²) in [5.74, 6) is 1.21.